The van der Waals surface area contributed by atoms with Crippen molar-refractivity contribution in [3.05, 3.63) is 28.7 Å². The smallest absolute Gasteiger partial charge is 0.0343 e. The van der Waals surface area contributed by atoms with E-state index in [1.807, 2.05) is 0 Å². The summed E-state index contributed by atoms with van der Waals surface area (Å²) in [4.78, 5) is 2.59. The van der Waals surface area contributed by atoms with Crippen LogP contribution in [-0.2, 0) is 0 Å². The van der Waals surface area contributed by atoms with Gasteiger partial charge in [-0.15, -0.1) is 0 Å². The molecule has 1 aromatic rings. The maximum Gasteiger partial charge on any atom is 0.0343 e. The van der Waals surface area contributed by atoms with E-state index >= 15 is 0 Å². The van der Waals surface area contributed by atoms with Crippen molar-refractivity contribution >= 4 is 21.6 Å². The van der Waals surface area contributed by atoms with Crippen LogP contribution in [-0.4, -0.2) is 30.6 Å². The van der Waals surface area contributed by atoms with E-state index in [0.29, 0.717) is 6.04 Å². The van der Waals surface area contributed by atoms with Crippen LogP contribution in [0.3, 0.4) is 0 Å². The molecule has 0 radical (unpaired) electrons. The monoisotopic (exact) mass is 280 g/mol. The first-order valence-electron chi connectivity index (χ1n) is 6.06. The molecule has 2 heterocycles. The zero-order valence-electron chi connectivity index (χ0n) is 9.32. The van der Waals surface area contributed by atoms with Crippen molar-refractivity contribution in [2.45, 2.75) is 18.9 Å². The van der Waals surface area contributed by atoms with Crippen molar-refractivity contribution in [2.75, 3.05) is 25.0 Å². The quantitative estimate of drug-likeness (QED) is 0.896. The molecule has 3 heteroatoms. The summed E-state index contributed by atoms with van der Waals surface area (Å²) in [6.07, 6.45) is 2.66. The summed E-state index contributed by atoms with van der Waals surface area (Å²) in [7, 11) is 0. The van der Waals surface area contributed by atoms with Gasteiger partial charge in [-0.3, -0.25) is 0 Å². The van der Waals surface area contributed by atoms with Crippen molar-refractivity contribution in [3.63, 3.8) is 0 Å². The van der Waals surface area contributed by atoms with E-state index in [2.05, 4.69) is 50.4 Å². The molecule has 0 saturated carbocycles. The standard InChI is InChI=1S/C13H17BrN2/c14-11-1-3-12(4-2-11)15-13-6-8-16-7-5-10(13)9-16/h1-4,10,13,15H,5-9H2. The fourth-order valence-electron chi connectivity index (χ4n) is 2.90. The van der Waals surface area contributed by atoms with Crippen molar-refractivity contribution in [1.29, 1.82) is 0 Å². The van der Waals surface area contributed by atoms with E-state index in [1.54, 1.807) is 0 Å². The highest BCUT2D eigenvalue weighted by Crippen LogP contribution is 2.29. The predicted octanol–water partition coefficient (Wildman–Crippen LogP) is 2.96. The zero-order chi connectivity index (χ0) is 11.0. The molecular formula is C13H17BrN2. The number of hydrogen-bond acceptors (Lipinski definition) is 2. The summed E-state index contributed by atoms with van der Waals surface area (Å²) < 4.78 is 1.15. The topological polar surface area (TPSA) is 15.3 Å². The second-order valence-electron chi connectivity index (χ2n) is 4.90. The molecule has 2 fully saturated rings. The summed E-state index contributed by atoms with van der Waals surface area (Å²) in [5, 5.41) is 3.69. The maximum atomic E-state index is 3.69. The van der Waals surface area contributed by atoms with Gasteiger partial charge in [0.05, 0.1) is 0 Å². The Morgan fingerprint density at radius 1 is 1.12 bits per heavy atom. The molecule has 2 bridgehead atoms. The van der Waals surface area contributed by atoms with Crippen molar-refractivity contribution in [1.82, 2.24) is 4.90 Å². The molecule has 0 aromatic heterocycles. The SMILES string of the molecule is Brc1ccc(NC2CCN3CCC2C3)cc1. The Labute approximate surface area is 105 Å². The summed E-state index contributed by atoms with van der Waals surface area (Å²) in [5.74, 6) is 0.859. The van der Waals surface area contributed by atoms with Crippen LogP contribution in [0, 0.1) is 5.92 Å². The van der Waals surface area contributed by atoms with Gasteiger partial charge in [0.2, 0.25) is 0 Å². The highest BCUT2D eigenvalue weighted by molar-refractivity contribution is 9.10. The Bertz CT molecular complexity index is 363. The predicted molar refractivity (Wildman–Crippen MR) is 70.7 cm³/mol. The first-order valence-corrected chi connectivity index (χ1v) is 6.85. The molecule has 86 valence electrons. The number of anilines is 1. The van der Waals surface area contributed by atoms with Gasteiger partial charge in [-0.2, -0.15) is 0 Å². The molecule has 1 aromatic carbocycles. The molecule has 0 spiro atoms. The largest absolute Gasteiger partial charge is 0.382 e. The Hall–Kier alpha value is -0.540. The molecule has 0 aliphatic carbocycles. The number of rotatable bonds is 2. The number of fused-ring (bicyclic) bond motifs is 2. The van der Waals surface area contributed by atoms with Crippen molar-refractivity contribution in [3.8, 4) is 0 Å². The Morgan fingerprint density at radius 3 is 2.69 bits per heavy atom. The first kappa shape index (κ1) is 10.6. The fourth-order valence-corrected chi connectivity index (χ4v) is 3.17. The minimum absolute atomic E-state index is 0.680. The number of piperidine rings is 1. The van der Waals surface area contributed by atoms with E-state index in [9.17, 15) is 0 Å². The summed E-state index contributed by atoms with van der Waals surface area (Å²) in [5.41, 5.74) is 1.26. The maximum absolute atomic E-state index is 3.69. The van der Waals surface area contributed by atoms with E-state index in [1.165, 1.54) is 38.2 Å². The van der Waals surface area contributed by atoms with Crippen LogP contribution in [0.15, 0.2) is 28.7 Å². The third kappa shape index (κ3) is 2.11. The lowest BCUT2D eigenvalue weighted by Gasteiger charge is -2.31. The van der Waals surface area contributed by atoms with Gasteiger partial charge in [0.25, 0.3) is 0 Å². The highest BCUT2D eigenvalue weighted by Gasteiger charge is 2.33. The second-order valence-corrected chi connectivity index (χ2v) is 5.81. The molecule has 2 saturated heterocycles. The second kappa shape index (κ2) is 4.38. The van der Waals surface area contributed by atoms with Crippen LogP contribution < -0.4 is 5.32 Å². The number of nitrogens with one attached hydrogen (secondary N) is 1. The third-order valence-corrected chi connectivity index (χ3v) is 4.36. The van der Waals surface area contributed by atoms with Gasteiger partial charge in [-0.25, -0.2) is 0 Å². The summed E-state index contributed by atoms with van der Waals surface area (Å²) in [6, 6.07) is 9.20. The van der Waals surface area contributed by atoms with Gasteiger partial charge >= 0.3 is 0 Å². The average molecular weight is 281 g/mol. The van der Waals surface area contributed by atoms with Crippen LogP contribution in [0.4, 0.5) is 5.69 Å². The molecular weight excluding hydrogens is 264 g/mol. The lowest BCUT2D eigenvalue weighted by molar-refractivity contribution is 0.255. The molecule has 3 unspecified atom stereocenters. The van der Waals surface area contributed by atoms with E-state index in [4.69, 9.17) is 0 Å². The highest BCUT2D eigenvalue weighted by atomic mass is 79.9. The van der Waals surface area contributed by atoms with E-state index in [-0.39, 0.29) is 0 Å². The number of halogens is 1. The Morgan fingerprint density at radius 2 is 1.88 bits per heavy atom. The van der Waals surface area contributed by atoms with Gasteiger partial charge in [0, 0.05) is 29.3 Å². The normalized spacial score (nSPS) is 32.7. The van der Waals surface area contributed by atoms with Crippen LogP contribution in [0.1, 0.15) is 12.8 Å². The fraction of sp³-hybridized carbons (Fsp3) is 0.538. The van der Waals surface area contributed by atoms with Gasteiger partial charge in [0.1, 0.15) is 0 Å². The van der Waals surface area contributed by atoms with Crippen molar-refractivity contribution < 1.29 is 0 Å². The lowest BCUT2D eigenvalue weighted by Crippen LogP contribution is -2.39. The molecule has 3 rings (SSSR count). The number of hydrogen-bond donors (Lipinski definition) is 1. The van der Waals surface area contributed by atoms with Crippen LogP contribution >= 0.6 is 15.9 Å². The minimum atomic E-state index is 0.680. The lowest BCUT2D eigenvalue weighted by atomic mass is 9.94. The molecule has 0 amide bonds. The minimum Gasteiger partial charge on any atom is -0.382 e. The summed E-state index contributed by atoms with van der Waals surface area (Å²) >= 11 is 3.47. The number of benzene rings is 1. The molecule has 16 heavy (non-hydrogen) atoms. The zero-order valence-corrected chi connectivity index (χ0v) is 10.9. The van der Waals surface area contributed by atoms with Crippen LogP contribution in [0.2, 0.25) is 0 Å². The van der Waals surface area contributed by atoms with Gasteiger partial charge in [-0.05, 0) is 49.6 Å². The van der Waals surface area contributed by atoms with Gasteiger partial charge in [0.15, 0.2) is 0 Å². The third-order valence-electron chi connectivity index (χ3n) is 3.83. The average Bonchev–Trinajstić information content (AvgIpc) is 2.69. The van der Waals surface area contributed by atoms with Crippen LogP contribution in [0.25, 0.3) is 0 Å². The Kier molecular flexibility index (Phi) is 2.90. The summed E-state index contributed by atoms with van der Waals surface area (Å²) in [6.45, 7) is 3.88. The molecule has 1 N–H and O–H groups in total. The van der Waals surface area contributed by atoms with E-state index < -0.39 is 0 Å². The van der Waals surface area contributed by atoms with E-state index in [0.717, 1.165) is 10.4 Å². The molecule has 2 nitrogen and oxygen atoms in total. The molecule has 2 aliphatic rings. The number of nitrogens with zero attached hydrogens (tertiary/aromatic N) is 1. The molecule has 3 atom stereocenters. The van der Waals surface area contributed by atoms with Gasteiger partial charge in [-0.1, -0.05) is 15.9 Å². The van der Waals surface area contributed by atoms with Crippen LogP contribution in [0.5, 0.6) is 0 Å². The van der Waals surface area contributed by atoms with Crippen molar-refractivity contribution in [2.24, 2.45) is 5.92 Å². The Balaban J connectivity index is 1.68. The van der Waals surface area contributed by atoms with Gasteiger partial charge < -0.3 is 10.2 Å². The first-order chi connectivity index (χ1) is 7.81. The molecule has 2 aliphatic heterocycles.